The van der Waals surface area contributed by atoms with Crippen LogP contribution >= 0.6 is 23.1 Å². The second-order valence-electron chi connectivity index (χ2n) is 4.49. The predicted octanol–water partition coefficient (Wildman–Crippen LogP) is 1.76. The van der Waals surface area contributed by atoms with Gasteiger partial charge < -0.3 is 11.1 Å². The van der Waals surface area contributed by atoms with Gasteiger partial charge in [-0.3, -0.25) is 4.79 Å². The number of rotatable bonds is 3. The molecule has 3 N–H and O–H groups in total. The molecule has 1 unspecified atom stereocenters. The van der Waals surface area contributed by atoms with Crippen molar-refractivity contribution >= 4 is 45.0 Å². The van der Waals surface area contributed by atoms with Crippen LogP contribution in [0.1, 0.15) is 16.1 Å². The summed E-state index contributed by atoms with van der Waals surface area (Å²) in [7, 11) is 0. The third-order valence-electron chi connectivity index (χ3n) is 3.14. The maximum absolute atomic E-state index is 12.1. The molecule has 100 valence electrons. The van der Waals surface area contributed by atoms with Gasteiger partial charge in [-0.15, -0.1) is 11.3 Å². The number of hydrogen-bond acceptors (Lipinski definition) is 6. The summed E-state index contributed by atoms with van der Waals surface area (Å²) in [6, 6.07) is 0. The number of carbonyl (C=O) groups is 1. The molecule has 0 radical (unpaired) electrons. The number of hydrogen-bond donors (Lipinski definition) is 2. The van der Waals surface area contributed by atoms with Crippen LogP contribution < -0.4 is 11.1 Å². The second-order valence-corrected chi connectivity index (χ2v) is 6.64. The first-order chi connectivity index (χ1) is 9.25. The Bertz CT molecular complexity index is 607. The van der Waals surface area contributed by atoms with Crippen LogP contribution in [0.25, 0.3) is 10.3 Å². The quantitative estimate of drug-likeness (QED) is 0.901. The normalized spacial score (nSPS) is 18.8. The van der Waals surface area contributed by atoms with Gasteiger partial charge in [0.1, 0.15) is 15.2 Å². The number of fused-ring (bicyclic) bond motifs is 1. The number of thiophene rings is 1. The Hall–Kier alpha value is -1.34. The topological polar surface area (TPSA) is 80.9 Å². The molecule has 1 aliphatic rings. The predicted molar refractivity (Wildman–Crippen MR) is 79.6 cm³/mol. The molecule has 1 fully saturated rings. The number of aromatic nitrogens is 2. The number of thioether (sulfide) groups is 1. The molecule has 0 spiro atoms. The smallest absolute Gasteiger partial charge is 0.263 e. The van der Waals surface area contributed by atoms with Crippen LogP contribution in [0.15, 0.2) is 12.4 Å². The van der Waals surface area contributed by atoms with Crippen molar-refractivity contribution in [1.29, 1.82) is 0 Å². The minimum Gasteiger partial charge on any atom is -0.396 e. The number of carbonyl (C=O) groups excluding carboxylic acids is 1. The van der Waals surface area contributed by atoms with Crippen LogP contribution in [0.5, 0.6) is 0 Å². The van der Waals surface area contributed by atoms with Gasteiger partial charge in [-0.25, -0.2) is 9.97 Å². The van der Waals surface area contributed by atoms with Crippen LogP contribution in [0, 0.1) is 5.92 Å². The number of nitrogen functional groups attached to an aromatic ring is 1. The lowest BCUT2D eigenvalue weighted by atomic mass is 10.1. The Balaban J connectivity index is 1.75. The number of anilines is 1. The maximum atomic E-state index is 12.1. The lowest BCUT2D eigenvalue weighted by Gasteiger charge is -2.09. The number of amides is 1. The van der Waals surface area contributed by atoms with E-state index in [1.165, 1.54) is 23.5 Å². The van der Waals surface area contributed by atoms with Gasteiger partial charge in [0, 0.05) is 18.9 Å². The molecule has 1 atom stereocenters. The van der Waals surface area contributed by atoms with Gasteiger partial charge in [-0.1, -0.05) is 0 Å². The largest absolute Gasteiger partial charge is 0.396 e. The molecule has 5 nitrogen and oxygen atoms in total. The Morgan fingerprint density at radius 2 is 2.32 bits per heavy atom. The lowest BCUT2D eigenvalue weighted by Crippen LogP contribution is -2.29. The zero-order valence-electron chi connectivity index (χ0n) is 10.3. The van der Waals surface area contributed by atoms with Gasteiger partial charge >= 0.3 is 0 Å². The van der Waals surface area contributed by atoms with E-state index in [2.05, 4.69) is 15.3 Å². The van der Waals surface area contributed by atoms with Gasteiger partial charge in [0.2, 0.25) is 0 Å². The van der Waals surface area contributed by atoms with Gasteiger partial charge in [0.05, 0.1) is 5.69 Å². The first-order valence-corrected chi connectivity index (χ1v) is 8.07. The van der Waals surface area contributed by atoms with E-state index >= 15 is 0 Å². The van der Waals surface area contributed by atoms with Crippen LogP contribution in [-0.4, -0.2) is 33.9 Å². The monoisotopic (exact) mass is 294 g/mol. The molecule has 0 bridgehead atoms. The lowest BCUT2D eigenvalue weighted by molar-refractivity contribution is 0.0953. The minimum absolute atomic E-state index is 0.112. The summed E-state index contributed by atoms with van der Waals surface area (Å²) < 4.78 is 0. The fraction of sp³-hybridized carbons (Fsp3) is 0.417. The van der Waals surface area contributed by atoms with Crippen molar-refractivity contribution in [1.82, 2.24) is 15.3 Å². The molecule has 19 heavy (non-hydrogen) atoms. The SMILES string of the molecule is Nc1c(C(=O)NCC2CCSC2)sc2nccnc12. The average Bonchev–Trinajstić information content (AvgIpc) is 3.05. The van der Waals surface area contributed by atoms with Crippen molar-refractivity contribution in [3.8, 4) is 0 Å². The summed E-state index contributed by atoms with van der Waals surface area (Å²) in [5, 5.41) is 2.97. The molecule has 1 saturated heterocycles. The summed E-state index contributed by atoms with van der Waals surface area (Å²) in [5.41, 5.74) is 7.02. The Morgan fingerprint density at radius 1 is 1.47 bits per heavy atom. The van der Waals surface area contributed by atoms with E-state index in [1.54, 1.807) is 12.4 Å². The van der Waals surface area contributed by atoms with Crippen molar-refractivity contribution < 1.29 is 4.79 Å². The van der Waals surface area contributed by atoms with E-state index in [0.29, 0.717) is 26.8 Å². The molecule has 1 aliphatic heterocycles. The third kappa shape index (κ3) is 2.52. The zero-order chi connectivity index (χ0) is 13.2. The maximum Gasteiger partial charge on any atom is 0.263 e. The average molecular weight is 294 g/mol. The van der Waals surface area contributed by atoms with Gasteiger partial charge in [0.25, 0.3) is 5.91 Å². The summed E-state index contributed by atoms with van der Waals surface area (Å²) in [5.74, 6) is 2.80. The van der Waals surface area contributed by atoms with E-state index in [9.17, 15) is 4.79 Å². The Labute approximate surface area is 119 Å². The van der Waals surface area contributed by atoms with Crippen molar-refractivity contribution in [2.75, 3.05) is 23.8 Å². The van der Waals surface area contributed by atoms with E-state index in [0.717, 1.165) is 12.3 Å². The standard InChI is InChI=1S/C12H14N4OS2/c13-8-9-12(15-3-2-14-9)19-10(8)11(17)16-5-7-1-4-18-6-7/h2-3,7H,1,4-6,13H2,(H,16,17). The highest BCUT2D eigenvalue weighted by Crippen LogP contribution is 2.30. The molecular weight excluding hydrogens is 280 g/mol. The number of nitrogens with one attached hydrogen (secondary N) is 1. The second kappa shape index (κ2) is 5.34. The molecule has 7 heteroatoms. The van der Waals surface area contributed by atoms with Crippen molar-refractivity contribution in [3.05, 3.63) is 17.3 Å². The highest BCUT2D eigenvalue weighted by molar-refractivity contribution is 7.99. The molecule has 3 rings (SSSR count). The van der Waals surface area contributed by atoms with Crippen LogP contribution in [0.4, 0.5) is 5.69 Å². The minimum atomic E-state index is -0.112. The molecule has 2 aromatic heterocycles. The van der Waals surface area contributed by atoms with Gasteiger partial charge in [-0.2, -0.15) is 11.8 Å². The first kappa shape index (κ1) is 12.7. The van der Waals surface area contributed by atoms with E-state index in [-0.39, 0.29) is 5.91 Å². The first-order valence-electron chi connectivity index (χ1n) is 6.10. The zero-order valence-corrected chi connectivity index (χ0v) is 11.9. The van der Waals surface area contributed by atoms with Crippen molar-refractivity contribution in [3.63, 3.8) is 0 Å². The van der Waals surface area contributed by atoms with Crippen LogP contribution in [0.2, 0.25) is 0 Å². The molecule has 0 aromatic carbocycles. The summed E-state index contributed by atoms with van der Waals surface area (Å²) in [6.07, 6.45) is 4.37. The van der Waals surface area contributed by atoms with E-state index in [1.807, 2.05) is 11.8 Å². The highest BCUT2D eigenvalue weighted by Gasteiger charge is 2.20. The number of nitrogens with zero attached hydrogens (tertiary/aromatic N) is 2. The number of nitrogens with two attached hydrogens (primary N) is 1. The fourth-order valence-corrected chi connectivity index (χ4v) is 4.30. The highest BCUT2D eigenvalue weighted by atomic mass is 32.2. The molecule has 0 saturated carbocycles. The summed E-state index contributed by atoms with van der Waals surface area (Å²) in [4.78, 5) is 21.7. The third-order valence-corrected chi connectivity index (χ3v) is 5.48. The van der Waals surface area contributed by atoms with E-state index in [4.69, 9.17) is 5.73 Å². The molecular formula is C12H14N4OS2. The molecule has 3 heterocycles. The Kier molecular flexibility index (Phi) is 3.56. The van der Waals surface area contributed by atoms with Crippen molar-refractivity contribution in [2.24, 2.45) is 5.92 Å². The summed E-state index contributed by atoms with van der Waals surface area (Å²) >= 11 is 3.24. The molecule has 2 aromatic rings. The Morgan fingerprint density at radius 3 is 3.05 bits per heavy atom. The van der Waals surface area contributed by atoms with Gasteiger partial charge in [-0.05, 0) is 23.8 Å². The van der Waals surface area contributed by atoms with E-state index < -0.39 is 0 Å². The van der Waals surface area contributed by atoms with Crippen LogP contribution in [-0.2, 0) is 0 Å². The van der Waals surface area contributed by atoms with Crippen molar-refractivity contribution in [2.45, 2.75) is 6.42 Å². The van der Waals surface area contributed by atoms with Gasteiger partial charge in [0.15, 0.2) is 0 Å². The molecule has 1 amide bonds. The van der Waals surface area contributed by atoms with Crippen LogP contribution in [0.3, 0.4) is 0 Å². The molecule has 0 aliphatic carbocycles. The fourth-order valence-electron chi connectivity index (χ4n) is 2.07. The summed E-state index contributed by atoms with van der Waals surface area (Å²) in [6.45, 7) is 0.723.